The SMILES string of the molecule is COc1cc(N2CCC(OC)CC2)ccc1-n1nc(NC[C@H]2CCC[C@H](N)C2)cc1-c1ccc(C#N)c(F)c1.O=C(O)C(F)(F)F. The Balaban J connectivity index is 0.000000617. The van der Waals surface area contributed by atoms with Gasteiger partial charge in [0.25, 0.3) is 0 Å². The number of carboxylic acids is 1. The van der Waals surface area contributed by atoms with Gasteiger partial charge in [-0.05, 0) is 62.3 Å². The Morgan fingerprint density at radius 3 is 2.43 bits per heavy atom. The molecule has 2 aliphatic rings. The van der Waals surface area contributed by atoms with Crippen LogP contribution in [0.15, 0.2) is 42.5 Å². The van der Waals surface area contributed by atoms with Crippen molar-refractivity contribution >= 4 is 17.5 Å². The van der Waals surface area contributed by atoms with Crippen molar-refractivity contribution in [2.24, 2.45) is 11.7 Å². The van der Waals surface area contributed by atoms with E-state index in [-0.39, 0.29) is 11.6 Å². The minimum absolute atomic E-state index is 0.0102. The molecular weight excluding hydrogens is 608 g/mol. The van der Waals surface area contributed by atoms with Crippen LogP contribution in [-0.4, -0.2) is 73.0 Å². The van der Waals surface area contributed by atoms with Gasteiger partial charge < -0.3 is 30.5 Å². The zero-order valence-electron chi connectivity index (χ0n) is 25.7. The molecule has 1 saturated carbocycles. The minimum Gasteiger partial charge on any atom is -0.494 e. The van der Waals surface area contributed by atoms with Gasteiger partial charge in [-0.25, -0.2) is 13.9 Å². The lowest BCUT2D eigenvalue weighted by atomic mass is 9.86. The summed E-state index contributed by atoms with van der Waals surface area (Å²) >= 11 is 0. The number of hydrogen-bond donors (Lipinski definition) is 3. The van der Waals surface area contributed by atoms with Crippen LogP contribution in [0.5, 0.6) is 5.75 Å². The third-order valence-corrected chi connectivity index (χ3v) is 8.26. The summed E-state index contributed by atoms with van der Waals surface area (Å²) < 4.78 is 59.5. The molecule has 1 saturated heterocycles. The van der Waals surface area contributed by atoms with E-state index >= 15 is 0 Å². The number of anilines is 2. The molecule has 46 heavy (non-hydrogen) atoms. The predicted octanol–water partition coefficient (Wildman–Crippen LogP) is 5.74. The highest BCUT2D eigenvalue weighted by molar-refractivity contribution is 5.73. The van der Waals surface area contributed by atoms with Gasteiger partial charge in [0.15, 0.2) is 0 Å². The second-order valence-corrected chi connectivity index (χ2v) is 11.4. The Bertz CT molecular complexity index is 1530. The van der Waals surface area contributed by atoms with Crippen molar-refractivity contribution < 1.29 is 36.9 Å². The van der Waals surface area contributed by atoms with Gasteiger partial charge in [0, 0.05) is 56.2 Å². The molecule has 2 atom stereocenters. The average Bonchev–Trinajstić information content (AvgIpc) is 3.47. The van der Waals surface area contributed by atoms with Crippen LogP contribution in [0, 0.1) is 23.1 Å². The number of aromatic nitrogens is 2. The second-order valence-electron chi connectivity index (χ2n) is 11.4. The van der Waals surface area contributed by atoms with Crippen LogP contribution in [0.25, 0.3) is 16.9 Å². The summed E-state index contributed by atoms with van der Waals surface area (Å²) in [6, 6.07) is 14.8. The topological polar surface area (TPSA) is 139 Å². The monoisotopic (exact) mass is 646 g/mol. The number of methoxy groups -OCH3 is 2. The summed E-state index contributed by atoms with van der Waals surface area (Å²) in [5.74, 6) is -1.46. The molecule has 5 rings (SSSR count). The maximum absolute atomic E-state index is 14.6. The van der Waals surface area contributed by atoms with Gasteiger partial charge in [0.2, 0.25) is 0 Å². The third kappa shape index (κ3) is 8.67. The summed E-state index contributed by atoms with van der Waals surface area (Å²) in [5.41, 5.74) is 9.36. The fourth-order valence-corrected chi connectivity index (χ4v) is 5.78. The number of ether oxygens (including phenoxy) is 2. The molecule has 2 fully saturated rings. The largest absolute Gasteiger partial charge is 0.494 e. The number of nitriles is 1. The van der Waals surface area contributed by atoms with Crippen molar-refractivity contribution in [1.29, 1.82) is 5.26 Å². The Hall–Kier alpha value is -4.35. The first-order valence-corrected chi connectivity index (χ1v) is 15.0. The number of halogens is 4. The van der Waals surface area contributed by atoms with Crippen LogP contribution in [-0.2, 0) is 9.53 Å². The zero-order valence-corrected chi connectivity index (χ0v) is 25.7. The summed E-state index contributed by atoms with van der Waals surface area (Å²) in [4.78, 5) is 11.2. The highest BCUT2D eigenvalue weighted by Crippen LogP contribution is 2.35. The van der Waals surface area contributed by atoms with Gasteiger partial charge in [0.05, 0.1) is 24.5 Å². The van der Waals surface area contributed by atoms with Gasteiger partial charge in [-0.3, -0.25) is 0 Å². The zero-order chi connectivity index (χ0) is 33.4. The Kier molecular flexibility index (Phi) is 11.5. The number of benzene rings is 2. The van der Waals surface area contributed by atoms with Crippen LogP contribution < -0.4 is 20.7 Å². The van der Waals surface area contributed by atoms with Crippen LogP contribution in [0.2, 0.25) is 0 Å². The first-order valence-electron chi connectivity index (χ1n) is 15.0. The molecule has 2 heterocycles. The lowest BCUT2D eigenvalue weighted by Gasteiger charge is -2.33. The highest BCUT2D eigenvalue weighted by Gasteiger charge is 2.38. The third-order valence-electron chi connectivity index (χ3n) is 8.26. The van der Waals surface area contributed by atoms with Crippen molar-refractivity contribution in [3.63, 3.8) is 0 Å². The quantitative estimate of drug-likeness (QED) is 0.262. The molecule has 248 valence electrons. The number of piperidine rings is 1. The summed E-state index contributed by atoms with van der Waals surface area (Å²) in [6.07, 6.45) is 1.55. The van der Waals surface area contributed by atoms with Gasteiger partial charge in [-0.2, -0.15) is 18.4 Å². The van der Waals surface area contributed by atoms with Gasteiger partial charge in [-0.15, -0.1) is 5.10 Å². The number of nitrogens with one attached hydrogen (secondary N) is 1. The average molecular weight is 647 g/mol. The molecule has 10 nitrogen and oxygen atoms in total. The molecule has 4 N–H and O–H groups in total. The fraction of sp³-hybridized carbons (Fsp3) is 0.469. The van der Waals surface area contributed by atoms with Crippen LogP contribution >= 0.6 is 0 Å². The number of aliphatic carboxylic acids is 1. The van der Waals surface area contributed by atoms with Crippen molar-refractivity contribution in [3.8, 4) is 28.8 Å². The Morgan fingerprint density at radius 2 is 1.85 bits per heavy atom. The van der Waals surface area contributed by atoms with E-state index in [1.165, 1.54) is 12.1 Å². The van der Waals surface area contributed by atoms with Crippen molar-refractivity contribution in [1.82, 2.24) is 9.78 Å². The molecule has 0 radical (unpaired) electrons. The van der Waals surface area contributed by atoms with E-state index in [1.807, 2.05) is 24.3 Å². The Labute approximate surface area is 264 Å². The normalized spacial score (nSPS) is 18.7. The number of carboxylic acid groups (broad SMARTS) is 1. The van der Waals surface area contributed by atoms with Gasteiger partial charge in [0.1, 0.15) is 29.1 Å². The van der Waals surface area contributed by atoms with E-state index in [9.17, 15) is 22.8 Å². The fourth-order valence-electron chi connectivity index (χ4n) is 5.78. The molecule has 1 aromatic heterocycles. The summed E-state index contributed by atoms with van der Waals surface area (Å²) in [7, 11) is 3.42. The predicted molar refractivity (Wildman–Crippen MR) is 165 cm³/mol. The molecule has 1 aliphatic carbocycles. The molecular formula is C32H38F4N6O4. The molecule has 3 aromatic rings. The van der Waals surface area contributed by atoms with Crippen molar-refractivity contribution in [2.45, 2.75) is 56.8 Å². The number of hydrogen-bond acceptors (Lipinski definition) is 8. The second kappa shape index (κ2) is 15.3. The molecule has 0 bridgehead atoms. The number of nitrogens with zero attached hydrogens (tertiary/aromatic N) is 4. The lowest BCUT2D eigenvalue weighted by Crippen LogP contribution is -2.36. The number of rotatable bonds is 8. The number of alkyl halides is 3. The minimum atomic E-state index is -5.08. The van der Waals surface area contributed by atoms with E-state index in [2.05, 4.69) is 16.3 Å². The number of nitrogens with two attached hydrogens (primary N) is 1. The van der Waals surface area contributed by atoms with E-state index in [0.717, 1.165) is 69.5 Å². The lowest BCUT2D eigenvalue weighted by molar-refractivity contribution is -0.192. The smallest absolute Gasteiger partial charge is 0.490 e. The molecule has 0 amide bonds. The van der Waals surface area contributed by atoms with Gasteiger partial charge in [-0.1, -0.05) is 12.5 Å². The molecule has 2 aromatic carbocycles. The van der Waals surface area contributed by atoms with E-state index in [4.69, 9.17) is 30.2 Å². The van der Waals surface area contributed by atoms with Gasteiger partial charge >= 0.3 is 12.1 Å². The summed E-state index contributed by atoms with van der Waals surface area (Å²) in [6.45, 7) is 2.61. The van der Waals surface area contributed by atoms with E-state index < -0.39 is 18.0 Å². The first kappa shape index (κ1) is 34.5. The maximum atomic E-state index is 14.6. The molecule has 0 unspecified atom stereocenters. The Morgan fingerprint density at radius 1 is 1.13 bits per heavy atom. The summed E-state index contributed by atoms with van der Waals surface area (Å²) in [5, 5.41) is 24.7. The van der Waals surface area contributed by atoms with Crippen molar-refractivity contribution in [2.75, 3.05) is 44.1 Å². The maximum Gasteiger partial charge on any atom is 0.490 e. The number of carbonyl (C=O) groups is 1. The van der Waals surface area contributed by atoms with Crippen molar-refractivity contribution in [3.05, 3.63) is 53.8 Å². The van der Waals surface area contributed by atoms with E-state index in [1.54, 1.807) is 25.0 Å². The van der Waals surface area contributed by atoms with Crippen LogP contribution in [0.3, 0.4) is 0 Å². The standard InChI is InChI=1S/C30H37FN6O2.C2HF3O2/c1-38-25-10-12-36(13-11-25)24-8-9-27(29(16-24)39-2)37-28(21-6-7-22(18-32)26(31)15-21)17-30(35-37)34-19-20-4-3-5-23(33)14-20;3-2(4,5)1(6)7/h6-9,15-17,20,23,25H,3-5,10-14,19,33H2,1-2H3,(H,34,35);(H,6,7)/t20-,23-;/m0./s1. The van der Waals surface area contributed by atoms with Crippen LogP contribution in [0.1, 0.15) is 44.1 Å². The van der Waals surface area contributed by atoms with Crippen LogP contribution in [0.4, 0.5) is 29.1 Å². The molecule has 0 spiro atoms. The first-order chi connectivity index (χ1) is 21.9. The molecule has 1 aliphatic heterocycles. The highest BCUT2D eigenvalue weighted by atomic mass is 19.4. The molecule has 14 heteroatoms. The van der Waals surface area contributed by atoms with E-state index in [0.29, 0.717) is 34.8 Å².